The number of aryl methyl sites for hydroxylation is 1. The van der Waals surface area contributed by atoms with Crippen molar-refractivity contribution in [2.75, 3.05) is 171 Å². The van der Waals surface area contributed by atoms with E-state index in [1.165, 1.54) is 43.4 Å². The molecule has 1 aliphatic carbocycles. The van der Waals surface area contributed by atoms with Gasteiger partial charge in [0.2, 0.25) is 17.8 Å². The molecule has 26 heteroatoms. The summed E-state index contributed by atoms with van der Waals surface area (Å²) in [6, 6.07) is 12.4. The van der Waals surface area contributed by atoms with E-state index in [2.05, 4.69) is 184 Å². The number of likely N-dealkylation sites (N-methyl/N-ethyl adjacent to an activating group) is 3. The molecule has 97 heavy (non-hydrogen) atoms. The van der Waals surface area contributed by atoms with Crippen molar-refractivity contribution in [3.63, 3.8) is 0 Å². The van der Waals surface area contributed by atoms with Crippen LogP contribution in [0, 0.1) is 0 Å². The molecular formula is C71H96N24O2. The van der Waals surface area contributed by atoms with Gasteiger partial charge in [-0.2, -0.15) is 15.0 Å². The predicted molar refractivity (Wildman–Crippen MR) is 386 cm³/mol. The number of hydrogen-bond donors (Lipinski definition) is 6. The number of carbonyl (C=O) groups excluding carboxylic acids is 2. The molecule has 0 aromatic carbocycles. The van der Waals surface area contributed by atoms with Gasteiger partial charge in [-0.3, -0.25) is 9.59 Å². The molecule has 3 unspecified atom stereocenters. The lowest BCUT2D eigenvalue weighted by Crippen LogP contribution is -2.66. The Morgan fingerprint density at radius 3 is 1.42 bits per heavy atom. The van der Waals surface area contributed by atoms with Crippen LogP contribution in [0.4, 0.5) is 69.8 Å². The molecule has 6 aromatic heterocycles. The fraction of sp³-hybridized carbons (Fsp3) is 0.507. The van der Waals surface area contributed by atoms with Crippen LogP contribution in [0.3, 0.4) is 0 Å². The molecule has 15 heterocycles. The molecule has 1 spiro atoms. The lowest BCUT2D eigenvalue weighted by molar-refractivity contribution is 0.0954. The number of nitrogens with zero attached hydrogens (tertiary/aromatic N) is 18. The van der Waals surface area contributed by atoms with E-state index in [1.807, 2.05) is 43.0 Å². The molecule has 10 aliphatic rings. The van der Waals surface area contributed by atoms with Crippen LogP contribution in [0.2, 0.25) is 0 Å². The van der Waals surface area contributed by atoms with Gasteiger partial charge in [-0.25, -0.2) is 29.9 Å². The zero-order valence-corrected chi connectivity index (χ0v) is 56.3. The Morgan fingerprint density at radius 1 is 0.474 bits per heavy atom. The van der Waals surface area contributed by atoms with Crippen molar-refractivity contribution in [1.29, 1.82) is 0 Å². The van der Waals surface area contributed by atoms with Crippen LogP contribution in [-0.2, 0) is 6.42 Å². The van der Waals surface area contributed by atoms with Crippen molar-refractivity contribution in [2.24, 2.45) is 0 Å². The summed E-state index contributed by atoms with van der Waals surface area (Å²) in [5, 5.41) is 20.0. The van der Waals surface area contributed by atoms with Gasteiger partial charge < -0.3 is 76.0 Å². The summed E-state index contributed by atoms with van der Waals surface area (Å²) in [6.45, 7) is 32.6. The topological polar surface area (TPSA) is 251 Å². The SMILES string of the molecule is C.C=C1NCC(C)(C)N2c3nc(Nc4ccc(N5CCN(C)CC5)cn4)ncc3C(=O)CC12.C=C1NCC2(CCCCC2)N2c3nc(Nc4ccc(N5CCN(C)CC5)cn4)ncc3CCC12.C=C1NCCN2c3nc(Nc4ccc(N5CCN(C)CC5)cn4)ncc3C(=O)CC12. The number of pyridine rings is 3. The molecule has 26 nitrogen and oxygen atoms in total. The first-order valence-corrected chi connectivity index (χ1v) is 34.3. The molecular weight excluding hydrogens is 1220 g/mol. The molecule has 6 N–H and O–H groups in total. The number of Topliss-reactive ketones (excluding diaryl/α,β-unsaturated/α-hetero) is 2. The Balaban J connectivity index is 0.000000131. The summed E-state index contributed by atoms with van der Waals surface area (Å²) in [4.78, 5) is 88.0. The normalized spacial score (nSPS) is 22.8. The largest absolute Gasteiger partial charge is 0.385 e. The van der Waals surface area contributed by atoms with E-state index in [0.29, 0.717) is 71.1 Å². The molecule has 3 atom stereocenters. The average molecular weight is 1320 g/mol. The maximum atomic E-state index is 12.8. The number of piperazine rings is 6. The molecule has 0 bridgehead atoms. The Hall–Kier alpha value is -9.27. The lowest BCUT2D eigenvalue weighted by Gasteiger charge is -2.56. The number of hydrogen-bond acceptors (Lipinski definition) is 26. The third-order valence-corrected chi connectivity index (χ3v) is 21.0. The minimum absolute atomic E-state index is 0. The monoisotopic (exact) mass is 1320 g/mol. The van der Waals surface area contributed by atoms with Crippen molar-refractivity contribution in [3.05, 3.63) is 127 Å². The van der Waals surface area contributed by atoms with Crippen molar-refractivity contribution < 1.29 is 9.59 Å². The number of fused-ring (bicyclic) bond motifs is 10. The second kappa shape index (κ2) is 28.1. The molecule has 0 radical (unpaired) electrons. The van der Waals surface area contributed by atoms with Crippen molar-refractivity contribution in [2.45, 2.75) is 108 Å². The Bertz CT molecular complexity index is 3840. The average Bonchev–Trinajstić information content (AvgIpc) is 0.747. The summed E-state index contributed by atoms with van der Waals surface area (Å²) in [5.41, 5.74) is 8.58. The highest BCUT2D eigenvalue weighted by atomic mass is 16.1. The van der Waals surface area contributed by atoms with Crippen molar-refractivity contribution in [3.8, 4) is 0 Å². The van der Waals surface area contributed by atoms with Gasteiger partial charge in [-0.05, 0) is 97.1 Å². The summed E-state index contributed by atoms with van der Waals surface area (Å²) in [7, 11) is 6.47. The van der Waals surface area contributed by atoms with Crippen LogP contribution in [0.15, 0.2) is 110 Å². The van der Waals surface area contributed by atoms with E-state index in [9.17, 15) is 9.59 Å². The van der Waals surface area contributed by atoms with Gasteiger partial charge in [-0.1, -0.05) is 46.4 Å². The molecule has 9 aliphatic heterocycles. The maximum Gasteiger partial charge on any atom is 0.230 e. The number of ketones is 2. The second-order valence-electron chi connectivity index (χ2n) is 27.9. The minimum atomic E-state index is -0.213. The van der Waals surface area contributed by atoms with Gasteiger partial charge >= 0.3 is 0 Å². The third-order valence-electron chi connectivity index (χ3n) is 21.0. The van der Waals surface area contributed by atoms with Gasteiger partial charge in [-0.15, -0.1) is 0 Å². The van der Waals surface area contributed by atoms with Crippen molar-refractivity contribution >= 4 is 81.4 Å². The molecule has 1 saturated carbocycles. The molecule has 6 aromatic rings. The van der Waals surface area contributed by atoms with Crippen molar-refractivity contribution in [1.82, 2.24) is 75.5 Å². The fourth-order valence-corrected chi connectivity index (χ4v) is 15.2. The van der Waals surface area contributed by atoms with E-state index < -0.39 is 0 Å². The predicted octanol–water partition coefficient (Wildman–Crippen LogP) is 7.21. The van der Waals surface area contributed by atoms with Crippen LogP contribution in [-0.4, -0.2) is 226 Å². The number of carbonyl (C=O) groups is 2. The number of nitrogens with one attached hydrogen (secondary N) is 6. The van der Waals surface area contributed by atoms with Gasteiger partial charge in [0.1, 0.15) is 34.9 Å². The smallest absolute Gasteiger partial charge is 0.230 e. The summed E-state index contributed by atoms with van der Waals surface area (Å²) >= 11 is 0. The highest BCUT2D eigenvalue weighted by Gasteiger charge is 2.49. The number of aromatic nitrogens is 9. The van der Waals surface area contributed by atoms with Crippen LogP contribution < -0.4 is 61.3 Å². The lowest BCUT2D eigenvalue weighted by atomic mass is 9.75. The first kappa shape index (κ1) is 66.3. The van der Waals surface area contributed by atoms with Gasteiger partial charge in [0.15, 0.2) is 11.6 Å². The van der Waals surface area contributed by atoms with Crippen LogP contribution in [0.5, 0.6) is 0 Å². The quantitative estimate of drug-likeness (QED) is 0.0836. The van der Waals surface area contributed by atoms with Gasteiger partial charge in [0, 0.05) is 159 Å². The highest BCUT2D eigenvalue weighted by molar-refractivity contribution is 6.04. The first-order chi connectivity index (χ1) is 46.5. The fourth-order valence-electron chi connectivity index (χ4n) is 15.2. The first-order valence-electron chi connectivity index (χ1n) is 34.3. The van der Waals surface area contributed by atoms with Gasteiger partial charge in [0.25, 0.3) is 0 Å². The van der Waals surface area contributed by atoms with Crippen LogP contribution in [0.25, 0.3) is 0 Å². The van der Waals surface area contributed by atoms with E-state index in [0.717, 1.165) is 158 Å². The second-order valence-corrected chi connectivity index (χ2v) is 27.9. The zero-order chi connectivity index (χ0) is 66.2. The summed E-state index contributed by atoms with van der Waals surface area (Å²) < 4.78 is 0. The molecule has 16 rings (SSSR count). The Labute approximate surface area is 570 Å². The Morgan fingerprint density at radius 2 is 0.918 bits per heavy atom. The van der Waals surface area contributed by atoms with Crippen LogP contribution >= 0.6 is 0 Å². The third kappa shape index (κ3) is 14.0. The molecule has 512 valence electrons. The molecule has 7 fully saturated rings. The number of rotatable bonds is 9. The minimum Gasteiger partial charge on any atom is -0.385 e. The van der Waals surface area contributed by atoms with E-state index in [-0.39, 0.29) is 42.2 Å². The number of anilines is 12. The zero-order valence-electron chi connectivity index (χ0n) is 56.3. The van der Waals surface area contributed by atoms with Gasteiger partial charge in [0.05, 0.1) is 76.0 Å². The van der Waals surface area contributed by atoms with E-state index in [4.69, 9.17) is 9.97 Å². The maximum absolute atomic E-state index is 12.8. The molecule has 0 amide bonds. The van der Waals surface area contributed by atoms with E-state index in [1.54, 1.807) is 12.4 Å². The highest BCUT2D eigenvalue weighted by Crippen LogP contribution is 2.46. The standard InChI is InChI=1S/C26H36N8.C23H30N8O.C21H26N8O.CH4/c1-19-22-8-6-20-16-28-25(31-24(20)34(22)26(18-29-19)10-4-3-5-11-26)30-23-9-7-21(17-27-23)33-14-12-32(2)13-15-33;1-15-18-11-19(32)17-13-25-22(28-21(17)31(18)23(2,3)14-26-15)27-20-6-5-16(12-24-20)30-9-7-29(4)8-10-30;1-14-17-11-18(30)16-13-24-21(26-20(16)29(17)6-5-22-14)25-19-4-3-15(12-23-19)28-9-7-27(2)8-10-28;/h7,9,16-17,22,29H,1,3-6,8,10-15,18H2,2H3,(H,27,28,30,31);5-6,12-13,18,26H,1,7-11,14H2,2-4H3,(H,24,25,27,28);3-4,12-13,17,22H,1,5-11H2,2H3,(H,23,24,25,26);1H4. The summed E-state index contributed by atoms with van der Waals surface area (Å²) in [6.07, 6.45) is 20.2. The molecule has 6 saturated heterocycles. The summed E-state index contributed by atoms with van der Waals surface area (Å²) in [5.74, 6) is 6.13. The van der Waals surface area contributed by atoms with Crippen LogP contribution in [0.1, 0.15) is 98.9 Å². The Kier molecular flexibility index (Phi) is 19.2. The van der Waals surface area contributed by atoms with E-state index >= 15 is 0 Å².